The van der Waals surface area contributed by atoms with Gasteiger partial charge in [-0.05, 0) is 25.5 Å². The van der Waals surface area contributed by atoms with E-state index in [9.17, 15) is 9.90 Å². The molecule has 3 N–H and O–H groups in total. The van der Waals surface area contributed by atoms with Gasteiger partial charge in [0.2, 0.25) is 0 Å². The van der Waals surface area contributed by atoms with E-state index in [1.807, 2.05) is 12.3 Å². The average Bonchev–Trinajstić information content (AvgIpc) is 3.18. The molecule has 2 amide bonds. The Morgan fingerprint density at radius 3 is 3.00 bits per heavy atom. The maximum absolute atomic E-state index is 11.8. The fraction of sp³-hybridized carbons (Fsp3) is 0.500. The SMILES string of the molecule is CCc1nc(CCNC(=O)NC(C)CC(O)c2ccco2)cs1. The van der Waals surface area contributed by atoms with Gasteiger partial charge in [0.05, 0.1) is 17.0 Å². The largest absolute Gasteiger partial charge is 0.467 e. The first-order valence-corrected chi connectivity index (χ1v) is 8.65. The molecule has 0 aliphatic heterocycles. The molecule has 0 spiro atoms. The first kappa shape index (κ1) is 17.5. The van der Waals surface area contributed by atoms with Gasteiger partial charge in [-0.15, -0.1) is 11.3 Å². The Balaban J connectivity index is 1.65. The van der Waals surface area contributed by atoms with Crippen LogP contribution in [0.25, 0.3) is 0 Å². The van der Waals surface area contributed by atoms with Gasteiger partial charge in [0.25, 0.3) is 0 Å². The fourth-order valence-electron chi connectivity index (χ4n) is 2.20. The van der Waals surface area contributed by atoms with Crippen molar-refractivity contribution in [2.75, 3.05) is 6.54 Å². The molecule has 2 aromatic rings. The van der Waals surface area contributed by atoms with Crippen LogP contribution < -0.4 is 10.6 Å². The van der Waals surface area contributed by atoms with Gasteiger partial charge in [0.1, 0.15) is 11.9 Å². The molecule has 0 fully saturated rings. The van der Waals surface area contributed by atoms with E-state index in [4.69, 9.17) is 4.42 Å². The van der Waals surface area contributed by atoms with Crippen LogP contribution in [0.4, 0.5) is 4.79 Å². The zero-order valence-corrected chi connectivity index (χ0v) is 14.2. The summed E-state index contributed by atoms with van der Waals surface area (Å²) in [5, 5.41) is 18.7. The Hall–Kier alpha value is -1.86. The molecule has 0 aromatic carbocycles. The van der Waals surface area contributed by atoms with Crippen LogP contribution in [-0.2, 0) is 12.8 Å². The summed E-state index contributed by atoms with van der Waals surface area (Å²) in [7, 11) is 0. The number of furan rings is 1. The molecule has 2 heterocycles. The predicted octanol–water partition coefficient (Wildman–Crippen LogP) is 2.65. The predicted molar refractivity (Wildman–Crippen MR) is 89.5 cm³/mol. The van der Waals surface area contributed by atoms with Crippen molar-refractivity contribution >= 4 is 17.4 Å². The van der Waals surface area contributed by atoms with E-state index in [1.54, 1.807) is 23.5 Å². The van der Waals surface area contributed by atoms with Crippen molar-refractivity contribution in [3.8, 4) is 0 Å². The lowest BCUT2D eigenvalue weighted by molar-refractivity contribution is 0.129. The fourth-order valence-corrected chi connectivity index (χ4v) is 2.98. The van der Waals surface area contributed by atoms with Gasteiger partial charge in [-0.25, -0.2) is 9.78 Å². The van der Waals surface area contributed by atoms with E-state index in [2.05, 4.69) is 22.5 Å². The van der Waals surface area contributed by atoms with Gasteiger partial charge in [0.15, 0.2) is 0 Å². The molecule has 0 aliphatic carbocycles. The lowest BCUT2D eigenvalue weighted by Crippen LogP contribution is -2.42. The maximum Gasteiger partial charge on any atom is 0.315 e. The molecule has 0 saturated carbocycles. The quantitative estimate of drug-likeness (QED) is 0.691. The van der Waals surface area contributed by atoms with Crippen molar-refractivity contribution in [3.05, 3.63) is 40.2 Å². The Bertz CT molecular complexity index is 597. The standard InChI is InChI=1S/C16H23N3O3S/c1-3-15-19-12(10-23-15)6-7-17-16(21)18-11(2)9-13(20)14-5-4-8-22-14/h4-5,8,10-11,13,20H,3,6-7,9H2,1-2H3,(H2,17,18,21). The van der Waals surface area contributed by atoms with Crippen LogP contribution in [0.5, 0.6) is 0 Å². The number of aliphatic hydroxyl groups excluding tert-OH is 1. The van der Waals surface area contributed by atoms with Crippen LogP contribution >= 0.6 is 11.3 Å². The summed E-state index contributed by atoms with van der Waals surface area (Å²) in [5.41, 5.74) is 1.01. The number of hydrogen-bond donors (Lipinski definition) is 3. The topological polar surface area (TPSA) is 87.4 Å². The Kier molecular flexibility index (Phi) is 6.61. The highest BCUT2D eigenvalue weighted by molar-refractivity contribution is 7.09. The van der Waals surface area contributed by atoms with E-state index in [-0.39, 0.29) is 12.1 Å². The molecule has 7 heteroatoms. The summed E-state index contributed by atoms with van der Waals surface area (Å²) < 4.78 is 5.14. The van der Waals surface area contributed by atoms with Crippen molar-refractivity contribution in [3.63, 3.8) is 0 Å². The summed E-state index contributed by atoms with van der Waals surface area (Å²) in [6.07, 6.45) is 2.85. The number of nitrogens with zero attached hydrogens (tertiary/aromatic N) is 1. The van der Waals surface area contributed by atoms with Gasteiger partial charge in [-0.1, -0.05) is 6.92 Å². The summed E-state index contributed by atoms with van der Waals surface area (Å²) in [4.78, 5) is 16.3. The molecule has 0 radical (unpaired) electrons. The van der Waals surface area contributed by atoms with Crippen molar-refractivity contribution in [2.45, 2.75) is 45.3 Å². The van der Waals surface area contributed by atoms with Crippen LogP contribution in [0, 0.1) is 0 Å². The summed E-state index contributed by atoms with van der Waals surface area (Å²) in [5.74, 6) is 0.509. The number of hydrogen-bond acceptors (Lipinski definition) is 5. The van der Waals surface area contributed by atoms with Gasteiger partial charge >= 0.3 is 6.03 Å². The second kappa shape index (κ2) is 8.69. The van der Waals surface area contributed by atoms with Crippen LogP contribution in [0.15, 0.2) is 28.2 Å². The van der Waals surface area contributed by atoms with Crippen LogP contribution in [0.1, 0.15) is 42.8 Å². The zero-order valence-electron chi connectivity index (χ0n) is 13.4. The molecule has 2 rings (SSSR count). The first-order chi connectivity index (χ1) is 11.1. The third-order valence-corrected chi connectivity index (χ3v) is 4.44. The van der Waals surface area contributed by atoms with Gasteiger partial charge in [-0.3, -0.25) is 0 Å². The van der Waals surface area contributed by atoms with Crippen LogP contribution in [-0.4, -0.2) is 28.7 Å². The number of nitrogens with one attached hydrogen (secondary N) is 2. The highest BCUT2D eigenvalue weighted by Gasteiger charge is 2.16. The highest BCUT2D eigenvalue weighted by atomic mass is 32.1. The number of amides is 2. The molecular formula is C16H23N3O3S. The number of carbonyl (C=O) groups excluding carboxylic acids is 1. The molecule has 2 aromatic heterocycles. The third-order valence-electron chi connectivity index (χ3n) is 3.39. The van der Waals surface area contributed by atoms with Crippen molar-refractivity contribution in [1.29, 1.82) is 0 Å². The number of aryl methyl sites for hydroxylation is 1. The monoisotopic (exact) mass is 337 g/mol. The van der Waals surface area contributed by atoms with Gasteiger partial charge in [0, 0.05) is 30.8 Å². The summed E-state index contributed by atoms with van der Waals surface area (Å²) in [6, 6.07) is 3.04. The van der Waals surface area contributed by atoms with E-state index >= 15 is 0 Å². The zero-order chi connectivity index (χ0) is 16.7. The Morgan fingerprint density at radius 2 is 2.35 bits per heavy atom. The summed E-state index contributed by atoms with van der Waals surface area (Å²) in [6.45, 7) is 4.46. The van der Waals surface area contributed by atoms with E-state index < -0.39 is 6.10 Å². The van der Waals surface area contributed by atoms with Crippen molar-refractivity contribution < 1.29 is 14.3 Å². The van der Waals surface area contributed by atoms with E-state index in [1.165, 1.54) is 6.26 Å². The number of carbonyl (C=O) groups is 1. The number of rotatable bonds is 8. The molecule has 0 aliphatic rings. The molecule has 23 heavy (non-hydrogen) atoms. The molecule has 0 saturated heterocycles. The Morgan fingerprint density at radius 1 is 1.52 bits per heavy atom. The average molecular weight is 337 g/mol. The number of aromatic nitrogens is 1. The number of aliphatic hydroxyl groups is 1. The first-order valence-electron chi connectivity index (χ1n) is 7.77. The number of urea groups is 1. The minimum atomic E-state index is -0.720. The second-order valence-electron chi connectivity index (χ2n) is 5.40. The molecular weight excluding hydrogens is 314 g/mol. The van der Waals surface area contributed by atoms with Crippen LogP contribution in [0.3, 0.4) is 0 Å². The number of thiazole rings is 1. The van der Waals surface area contributed by atoms with E-state index in [0.29, 0.717) is 25.1 Å². The van der Waals surface area contributed by atoms with Crippen molar-refractivity contribution in [2.24, 2.45) is 0 Å². The molecule has 2 atom stereocenters. The van der Waals surface area contributed by atoms with Gasteiger partial charge < -0.3 is 20.2 Å². The van der Waals surface area contributed by atoms with Gasteiger partial charge in [-0.2, -0.15) is 0 Å². The molecule has 0 bridgehead atoms. The molecule has 2 unspecified atom stereocenters. The third kappa shape index (κ3) is 5.69. The highest BCUT2D eigenvalue weighted by Crippen LogP contribution is 2.18. The lowest BCUT2D eigenvalue weighted by atomic mass is 10.1. The summed E-state index contributed by atoms with van der Waals surface area (Å²) >= 11 is 1.65. The van der Waals surface area contributed by atoms with Crippen LogP contribution in [0.2, 0.25) is 0 Å². The minimum absolute atomic E-state index is 0.166. The molecule has 6 nitrogen and oxygen atoms in total. The maximum atomic E-state index is 11.8. The normalized spacial score (nSPS) is 13.5. The minimum Gasteiger partial charge on any atom is -0.467 e. The van der Waals surface area contributed by atoms with E-state index in [0.717, 1.165) is 17.1 Å². The second-order valence-corrected chi connectivity index (χ2v) is 6.35. The lowest BCUT2D eigenvalue weighted by Gasteiger charge is -2.17. The molecule has 126 valence electrons. The Labute approximate surface area is 139 Å². The smallest absolute Gasteiger partial charge is 0.315 e. The van der Waals surface area contributed by atoms with Crippen molar-refractivity contribution in [1.82, 2.24) is 15.6 Å².